The molecule has 11 nitrogen and oxygen atoms in total. The van der Waals surface area contributed by atoms with E-state index in [1.807, 2.05) is 57.5 Å². The number of H-pyrrole nitrogens is 1. The third-order valence-corrected chi connectivity index (χ3v) is 11.8. The lowest BCUT2D eigenvalue weighted by atomic mass is 9.81. The number of ether oxygens (including phenoxy) is 4. The number of nitrogens with one attached hydrogen (secondary N) is 2. The molecule has 1 aromatic carbocycles. The van der Waals surface area contributed by atoms with Gasteiger partial charge in [0, 0.05) is 96.3 Å². The number of anilines is 1. The summed E-state index contributed by atoms with van der Waals surface area (Å²) in [6.45, 7) is 16.2. The molecule has 3 aliphatic rings. The fourth-order valence-electron chi connectivity index (χ4n) is 8.08. The summed E-state index contributed by atoms with van der Waals surface area (Å²) in [6.07, 6.45) is 9.07. The van der Waals surface area contributed by atoms with Crippen molar-refractivity contribution < 1.29 is 23.7 Å². The van der Waals surface area contributed by atoms with Gasteiger partial charge in [-0.15, -0.1) is 11.8 Å². The Bertz CT molecular complexity index is 1800. The van der Waals surface area contributed by atoms with Crippen LogP contribution in [0.1, 0.15) is 87.0 Å². The summed E-state index contributed by atoms with van der Waals surface area (Å²) < 4.78 is 25.4. The molecule has 1 aliphatic carbocycles. The van der Waals surface area contributed by atoms with Crippen molar-refractivity contribution in [3.63, 3.8) is 0 Å². The number of likely N-dealkylation sites (N-methyl/N-ethyl adjacent to an activating group) is 1. The maximum Gasteiger partial charge on any atom is 0.254 e. The van der Waals surface area contributed by atoms with Gasteiger partial charge in [0.2, 0.25) is 0 Å². The third-order valence-electron chi connectivity index (χ3n) is 11.0. The minimum Gasteiger partial charge on any atom is -0.448 e. The minimum absolute atomic E-state index is 0.0978. The summed E-state index contributed by atoms with van der Waals surface area (Å²) in [4.78, 5) is 40.2. The van der Waals surface area contributed by atoms with Crippen molar-refractivity contribution in [2.45, 2.75) is 109 Å². The lowest BCUT2D eigenvalue weighted by molar-refractivity contribution is -0.123. The SMILES string of the molecule is CCCOCCN(C)C1CCC(C2(C)Oc3c(-c4ccc(N5CC(C)OC(C)C5)nc4)cc(C(=O)NCc4c(SC)cc(C)[nH]c4=O)c(C)c3O2)CC1. The van der Waals surface area contributed by atoms with Gasteiger partial charge in [-0.25, -0.2) is 4.98 Å². The summed E-state index contributed by atoms with van der Waals surface area (Å²) in [7, 11) is 2.19. The largest absolute Gasteiger partial charge is 0.448 e. The zero-order valence-electron chi connectivity index (χ0n) is 32.7. The minimum atomic E-state index is -0.888. The number of fused-ring (bicyclic) bond motifs is 1. The molecule has 0 spiro atoms. The fraction of sp³-hybridized carbons (Fsp3) is 0.585. The molecule has 0 bridgehead atoms. The Kier molecular flexibility index (Phi) is 12.4. The van der Waals surface area contributed by atoms with Crippen molar-refractivity contribution in [2.75, 3.05) is 51.1 Å². The van der Waals surface area contributed by atoms with Crippen LogP contribution in [0.5, 0.6) is 11.5 Å². The molecule has 6 rings (SSSR count). The molecule has 0 radical (unpaired) electrons. The number of aromatic nitrogens is 2. The molecule has 4 heterocycles. The first kappa shape index (κ1) is 39.1. The fourth-order valence-corrected chi connectivity index (χ4v) is 8.78. The van der Waals surface area contributed by atoms with E-state index in [4.69, 9.17) is 23.9 Å². The number of rotatable bonds is 13. The van der Waals surface area contributed by atoms with Crippen LogP contribution in [0.15, 0.2) is 40.2 Å². The van der Waals surface area contributed by atoms with Gasteiger partial charge in [-0.05, 0) is 97.4 Å². The third kappa shape index (κ3) is 8.71. The highest BCUT2D eigenvalue weighted by atomic mass is 32.2. The summed E-state index contributed by atoms with van der Waals surface area (Å²) >= 11 is 1.49. The Morgan fingerprint density at radius 1 is 1.09 bits per heavy atom. The van der Waals surface area contributed by atoms with Crippen molar-refractivity contribution in [1.29, 1.82) is 0 Å². The maximum absolute atomic E-state index is 14.0. The first-order valence-electron chi connectivity index (χ1n) is 19.2. The van der Waals surface area contributed by atoms with Gasteiger partial charge in [-0.1, -0.05) is 6.92 Å². The second-order valence-corrected chi connectivity index (χ2v) is 16.0. The van der Waals surface area contributed by atoms with Crippen LogP contribution in [0.25, 0.3) is 11.1 Å². The van der Waals surface area contributed by atoms with Crippen molar-refractivity contribution in [2.24, 2.45) is 5.92 Å². The Hall–Kier alpha value is -3.58. The standard InChI is InChI=1S/C41H57N5O6S/c1-9-17-49-18-16-45(7)31-13-11-30(12-14-31)41(6)51-37-28(5)32(39(47)43-22-34-35(53-8)19-25(2)44-40(34)48)20-33(38(37)52-41)29-10-15-36(42-21-29)46-23-26(3)50-27(4)24-46/h10,15,19-21,26-27,30-31H,9,11-14,16-18,22-24H2,1-8H3,(H,43,47)(H,44,48). The lowest BCUT2D eigenvalue weighted by Gasteiger charge is -2.40. The van der Waals surface area contributed by atoms with Crippen molar-refractivity contribution in [1.82, 2.24) is 20.2 Å². The number of thioether (sulfide) groups is 1. The van der Waals surface area contributed by atoms with E-state index in [0.717, 1.165) is 92.5 Å². The molecule has 3 unspecified atom stereocenters. The Labute approximate surface area is 318 Å². The number of pyridine rings is 2. The molecule has 3 aromatic rings. The van der Waals surface area contributed by atoms with Gasteiger partial charge in [-0.2, -0.15) is 0 Å². The normalized spacial score (nSPS) is 24.1. The van der Waals surface area contributed by atoms with Crippen molar-refractivity contribution >= 4 is 23.5 Å². The first-order chi connectivity index (χ1) is 25.4. The van der Waals surface area contributed by atoms with Crippen LogP contribution in [0.4, 0.5) is 5.82 Å². The quantitative estimate of drug-likeness (QED) is 0.144. The highest BCUT2D eigenvalue weighted by Gasteiger charge is 2.48. The predicted molar refractivity (Wildman–Crippen MR) is 211 cm³/mol. The van der Waals surface area contributed by atoms with Crippen LogP contribution in [0, 0.1) is 19.8 Å². The average molecular weight is 748 g/mol. The number of hydrogen-bond acceptors (Lipinski definition) is 10. The summed E-state index contributed by atoms with van der Waals surface area (Å²) in [5.74, 6) is 1.09. The summed E-state index contributed by atoms with van der Waals surface area (Å²) in [6, 6.07) is 8.38. The molecular formula is C41H57N5O6S. The van der Waals surface area contributed by atoms with Crippen LogP contribution in [0.3, 0.4) is 0 Å². The van der Waals surface area contributed by atoms with Crippen molar-refractivity contribution in [3.8, 4) is 22.6 Å². The van der Waals surface area contributed by atoms with E-state index in [-0.39, 0.29) is 36.1 Å². The van der Waals surface area contributed by atoms with E-state index < -0.39 is 5.79 Å². The number of nitrogens with zero attached hydrogens (tertiary/aromatic N) is 3. The summed E-state index contributed by atoms with van der Waals surface area (Å²) in [5, 5.41) is 3.03. The number of aryl methyl sites for hydroxylation is 1. The second-order valence-electron chi connectivity index (χ2n) is 15.2. The molecule has 2 N–H and O–H groups in total. The molecule has 1 saturated carbocycles. The van der Waals surface area contributed by atoms with Gasteiger partial charge >= 0.3 is 0 Å². The number of morpholine rings is 1. The Balaban J connectivity index is 1.27. The number of carbonyl (C=O) groups excluding carboxylic acids is 1. The van der Waals surface area contributed by atoms with Gasteiger partial charge in [0.15, 0.2) is 11.5 Å². The van der Waals surface area contributed by atoms with E-state index in [0.29, 0.717) is 34.2 Å². The van der Waals surface area contributed by atoms with E-state index in [1.54, 1.807) is 0 Å². The van der Waals surface area contributed by atoms with Gasteiger partial charge in [0.25, 0.3) is 17.3 Å². The monoisotopic (exact) mass is 747 g/mol. The topological polar surface area (TPSA) is 118 Å². The molecular weight excluding hydrogens is 691 g/mol. The number of hydrogen-bond donors (Lipinski definition) is 2. The highest BCUT2D eigenvalue weighted by Crippen LogP contribution is 2.53. The van der Waals surface area contributed by atoms with Crippen molar-refractivity contribution in [3.05, 3.63) is 63.2 Å². The van der Waals surface area contributed by atoms with E-state index in [2.05, 4.69) is 47.9 Å². The maximum atomic E-state index is 14.0. The smallest absolute Gasteiger partial charge is 0.254 e. The molecule has 2 aromatic heterocycles. The number of carbonyl (C=O) groups is 1. The molecule has 1 amide bonds. The van der Waals surface area contributed by atoms with Gasteiger partial charge in [-0.3, -0.25) is 9.59 Å². The lowest BCUT2D eigenvalue weighted by Crippen LogP contribution is -2.47. The Morgan fingerprint density at radius 2 is 1.81 bits per heavy atom. The molecule has 2 fully saturated rings. The molecule has 3 atom stereocenters. The average Bonchev–Trinajstić information content (AvgIpc) is 3.51. The van der Waals surface area contributed by atoms with Crippen LogP contribution >= 0.6 is 11.8 Å². The molecule has 53 heavy (non-hydrogen) atoms. The molecule has 288 valence electrons. The van der Waals surface area contributed by atoms with Crippen LogP contribution in [-0.4, -0.2) is 91.0 Å². The Morgan fingerprint density at radius 3 is 2.47 bits per heavy atom. The highest BCUT2D eigenvalue weighted by molar-refractivity contribution is 7.98. The zero-order valence-corrected chi connectivity index (χ0v) is 33.5. The van der Waals surface area contributed by atoms with Gasteiger partial charge in [0.05, 0.1) is 18.8 Å². The second kappa shape index (κ2) is 16.8. The zero-order chi connectivity index (χ0) is 37.9. The van der Waals surface area contributed by atoms with Crippen LogP contribution < -0.4 is 25.2 Å². The van der Waals surface area contributed by atoms with Crippen LogP contribution in [0.2, 0.25) is 0 Å². The van der Waals surface area contributed by atoms with E-state index in [9.17, 15) is 9.59 Å². The first-order valence-corrected chi connectivity index (χ1v) is 20.4. The van der Waals surface area contributed by atoms with Gasteiger partial charge in [0.1, 0.15) is 5.82 Å². The number of benzene rings is 1. The number of amides is 1. The molecule has 2 aliphatic heterocycles. The predicted octanol–water partition coefficient (Wildman–Crippen LogP) is 6.72. The number of aromatic amines is 1. The van der Waals surface area contributed by atoms with Gasteiger partial charge < -0.3 is 39.0 Å². The molecule has 1 saturated heterocycles. The van der Waals surface area contributed by atoms with E-state index >= 15 is 0 Å². The van der Waals surface area contributed by atoms with E-state index in [1.165, 1.54) is 11.8 Å². The van der Waals surface area contributed by atoms with Crippen LogP contribution in [-0.2, 0) is 16.0 Å². The summed E-state index contributed by atoms with van der Waals surface area (Å²) in [5.41, 5.74) is 3.87. The molecule has 12 heteroatoms.